The largest absolute Gasteiger partial charge is 0.458 e. The van der Waals surface area contributed by atoms with Crippen LogP contribution in [-0.4, -0.2) is 25.2 Å². The number of amides is 3. The molecule has 0 unspecified atom stereocenters. The van der Waals surface area contributed by atoms with Crippen molar-refractivity contribution in [3.05, 3.63) is 76.4 Å². The average Bonchev–Trinajstić information content (AvgIpc) is 2.79. The minimum absolute atomic E-state index is 0.0575. The van der Waals surface area contributed by atoms with Gasteiger partial charge in [-0.2, -0.15) is 13.2 Å². The number of likely N-dealkylation sites (N-methyl/N-ethyl adjacent to an activating group) is 1. The minimum Gasteiger partial charge on any atom is -0.458 e. The van der Waals surface area contributed by atoms with E-state index in [-0.39, 0.29) is 28.6 Å². The van der Waals surface area contributed by atoms with Crippen LogP contribution in [0.15, 0.2) is 65.0 Å². The minimum atomic E-state index is -4.71. The first-order chi connectivity index (χ1) is 16.5. The maximum absolute atomic E-state index is 14.5. The molecule has 0 saturated carbocycles. The van der Waals surface area contributed by atoms with Crippen molar-refractivity contribution in [2.75, 3.05) is 17.7 Å². The van der Waals surface area contributed by atoms with Crippen LogP contribution in [-0.2, 0) is 11.0 Å². The topological polar surface area (TPSA) is 91.8 Å². The number of rotatable bonds is 7. The van der Waals surface area contributed by atoms with Gasteiger partial charge >= 0.3 is 12.2 Å². The maximum Gasteiger partial charge on any atom is 0.417 e. The molecule has 3 amide bonds. The van der Waals surface area contributed by atoms with Gasteiger partial charge in [0, 0.05) is 31.1 Å². The summed E-state index contributed by atoms with van der Waals surface area (Å²) in [5, 5.41) is 6.30. The number of benzene rings is 2. The summed E-state index contributed by atoms with van der Waals surface area (Å²) in [6.07, 6.45) is -0.393. The number of carbonyl (C=O) groups is 2. The Morgan fingerprint density at radius 2 is 1.80 bits per heavy atom. The first kappa shape index (κ1) is 27.4. The Morgan fingerprint density at radius 1 is 1.09 bits per heavy atom. The zero-order valence-electron chi connectivity index (χ0n) is 18.8. The van der Waals surface area contributed by atoms with E-state index in [0.29, 0.717) is 6.07 Å². The highest BCUT2D eigenvalue weighted by Crippen LogP contribution is 2.36. The standard InChI is InChI=1S/C23H21ClF4N4O3/c1-4-14(12-20(30-5-2)21(33)29-3)35-15-7-9-19(18(25)11-15)32-22(34)31-13-6-8-17(24)16(10-13)23(26,27)28/h4-12H,1-3H3,(H,29,33)(H2,31,32,34)/b14-4+,20-12-,30-5?. The van der Waals surface area contributed by atoms with Crippen LogP contribution in [0.2, 0.25) is 5.02 Å². The molecular formula is C23H21ClF4N4O3. The molecule has 12 heteroatoms. The summed E-state index contributed by atoms with van der Waals surface area (Å²) < 4.78 is 59.0. The van der Waals surface area contributed by atoms with Gasteiger partial charge in [-0.25, -0.2) is 9.18 Å². The first-order valence-corrected chi connectivity index (χ1v) is 10.4. The zero-order valence-corrected chi connectivity index (χ0v) is 19.5. The highest BCUT2D eigenvalue weighted by molar-refractivity contribution is 6.31. The fourth-order valence-corrected chi connectivity index (χ4v) is 2.86. The summed E-state index contributed by atoms with van der Waals surface area (Å²) in [6.45, 7) is 3.27. The fraction of sp³-hybridized carbons (Fsp3) is 0.174. The van der Waals surface area contributed by atoms with E-state index in [0.717, 1.165) is 12.1 Å². The second kappa shape index (κ2) is 12.0. The lowest BCUT2D eigenvalue weighted by Crippen LogP contribution is -2.20. The molecule has 3 N–H and O–H groups in total. The van der Waals surface area contributed by atoms with Crippen molar-refractivity contribution in [3.8, 4) is 5.75 Å². The number of hydrogen-bond donors (Lipinski definition) is 3. The predicted octanol–water partition coefficient (Wildman–Crippen LogP) is 6.15. The normalized spacial score (nSPS) is 12.5. The van der Waals surface area contributed by atoms with Crippen molar-refractivity contribution in [2.45, 2.75) is 20.0 Å². The van der Waals surface area contributed by atoms with Crippen LogP contribution in [0.5, 0.6) is 5.75 Å². The summed E-state index contributed by atoms with van der Waals surface area (Å²) in [4.78, 5) is 28.0. The van der Waals surface area contributed by atoms with Crippen molar-refractivity contribution in [2.24, 2.45) is 4.99 Å². The SMILES string of the molecule is CC=N/C(=C\C(=C/C)Oc1ccc(NC(=O)Nc2ccc(Cl)c(C(F)(F)F)c2)c(F)c1)C(=O)NC. The Bertz CT molecular complexity index is 1190. The van der Waals surface area contributed by atoms with Gasteiger partial charge in [-0.05, 0) is 50.3 Å². The number of urea groups is 1. The third-order valence-electron chi connectivity index (χ3n) is 4.25. The molecule has 0 aliphatic heterocycles. The van der Waals surface area contributed by atoms with Crippen LogP contribution in [0, 0.1) is 5.82 Å². The van der Waals surface area contributed by atoms with Crippen molar-refractivity contribution in [1.82, 2.24) is 5.32 Å². The molecule has 0 atom stereocenters. The summed E-state index contributed by atoms with van der Waals surface area (Å²) in [5.74, 6) is -1.06. The molecule has 0 aromatic heterocycles. The molecule has 0 fully saturated rings. The summed E-state index contributed by atoms with van der Waals surface area (Å²) in [7, 11) is 1.44. The number of hydrogen-bond acceptors (Lipinski definition) is 4. The van der Waals surface area contributed by atoms with Crippen molar-refractivity contribution < 1.29 is 31.9 Å². The van der Waals surface area contributed by atoms with Crippen LogP contribution in [0.1, 0.15) is 19.4 Å². The van der Waals surface area contributed by atoms with Crippen LogP contribution in [0.3, 0.4) is 0 Å². The predicted molar refractivity (Wildman–Crippen MR) is 126 cm³/mol. The molecule has 0 heterocycles. The quantitative estimate of drug-likeness (QED) is 0.137. The third-order valence-corrected chi connectivity index (χ3v) is 4.58. The molecule has 2 aromatic rings. The number of nitrogens with one attached hydrogen (secondary N) is 3. The van der Waals surface area contributed by atoms with Gasteiger partial charge in [0.05, 0.1) is 16.3 Å². The second-order valence-corrected chi connectivity index (χ2v) is 7.11. The van der Waals surface area contributed by atoms with E-state index < -0.39 is 34.5 Å². The van der Waals surface area contributed by atoms with Gasteiger partial charge in [-0.15, -0.1) is 0 Å². The average molecular weight is 513 g/mol. The number of halogens is 5. The van der Waals surface area contributed by atoms with Crippen molar-refractivity contribution >= 4 is 41.1 Å². The van der Waals surface area contributed by atoms with E-state index in [1.165, 1.54) is 43.6 Å². The van der Waals surface area contributed by atoms with E-state index in [1.54, 1.807) is 13.8 Å². The van der Waals surface area contributed by atoms with Gasteiger partial charge < -0.3 is 20.7 Å². The molecule has 0 aliphatic rings. The Labute approximate surface area is 203 Å². The molecule has 2 aromatic carbocycles. The monoisotopic (exact) mass is 512 g/mol. The number of nitrogens with zero attached hydrogens (tertiary/aromatic N) is 1. The van der Waals surface area contributed by atoms with Gasteiger partial charge in [-0.1, -0.05) is 11.6 Å². The zero-order chi connectivity index (χ0) is 26.2. The molecule has 0 radical (unpaired) electrons. The lowest BCUT2D eigenvalue weighted by atomic mass is 10.2. The Morgan fingerprint density at radius 3 is 2.37 bits per heavy atom. The van der Waals surface area contributed by atoms with Crippen LogP contribution >= 0.6 is 11.6 Å². The molecule has 0 aliphatic carbocycles. The summed E-state index contributed by atoms with van der Waals surface area (Å²) >= 11 is 5.55. The van der Waals surface area contributed by atoms with Crippen LogP contribution < -0.4 is 20.7 Å². The van der Waals surface area contributed by atoms with Gasteiger partial charge in [0.2, 0.25) is 0 Å². The number of anilines is 2. The smallest absolute Gasteiger partial charge is 0.417 e. The van der Waals surface area contributed by atoms with E-state index in [4.69, 9.17) is 16.3 Å². The van der Waals surface area contributed by atoms with Gasteiger partial charge in [0.1, 0.15) is 23.0 Å². The fourth-order valence-electron chi connectivity index (χ4n) is 2.64. The van der Waals surface area contributed by atoms with Crippen LogP contribution in [0.25, 0.3) is 0 Å². The number of allylic oxidation sites excluding steroid dienone is 2. The molecule has 186 valence electrons. The Kier molecular flexibility index (Phi) is 9.41. The summed E-state index contributed by atoms with van der Waals surface area (Å²) in [6, 6.07) is 5.39. The Balaban J connectivity index is 2.13. The number of carbonyl (C=O) groups excluding carboxylic acids is 2. The van der Waals surface area contributed by atoms with E-state index in [2.05, 4.69) is 20.9 Å². The molecular weight excluding hydrogens is 492 g/mol. The molecule has 35 heavy (non-hydrogen) atoms. The van der Waals surface area contributed by atoms with Crippen molar-refractivity contribution in [3.63, 3.8) is 0 Å². The highest BCUT2D eigenvalue weighted by atomic mass is 35.5. The van der Waals surface area contributed by atoms with Crippen molar-refractivity contribution in [1.29, 1.82) is 0 Å². The highest BCUT2D eigenvalue weighted by Gasteiger charge is 2.33. The molecule has 0 saturated heterocycles. The molecule has 0 bridgehead atoms. The van der Waals surface area contributed by atoms with Crippen LogP contribution in [0.4, 0.5) is 33.7 Å². The van der Waals surface area contributed by atoms with E-state index in [9.17, 15) is 27.2 Å². The Hall–Kier alpha value is -3.86. The van der Waals surface area contributed by atoms with Gasteiger partial charge in [0.25, 0.3) is 5.91 Å². The lowest BCUT2D eigenvalue weighted by molar-refractivity contribution is -0.137. The van der Waals surface area contributed by atoms with Gasteiger partial charge in [-0.3, -0.25) is 9.79 Å². The molecule has 0 spiro atoms. The number of aliphatic imine (C=N–C) groups is 1. The number of ether oxygens (including phenoxy) is 1. The van der Waals surface area contributed by atoms with E-state index in [1.807, 2.05) is 0 Å². The van der Waals surface area contributed by atoms with E-state index >= 15 is 0 Å². The summed E-state index contributed by atoms with van der Waals surface area (Å²) in [5.41, 5.74) is -1.50. The lowest BCUT2D eigenvalue weighted by Gasteiger charge is -2.13. The maximum atomic E-state index is 14.5. The molecule has 7 nitrogen and oxygen atoms in total. The number of alkyl halides is 3. The second-order valence-electron chi connectivity index (χ2n) is 6.70. The van der Waals surface area contributed by atoms with Gasteiger partial charge in [0.15, 0.2) is 0 Å². The molecule has 2 rings (SSSR count). The third kappa shape index (κ3) is 7.85. The first-order valence-electron chi connectivity index (χ1n) is 9.99.